The van der Waals surface area contributed by atoms with Gasteiger partial charge in [-0.25, -0.2) is 9.97 Å². The van der Waals surface area contributed by atoms with Crippen LogP contribution in [-0.2, 0) is 11.3 Å². The normalized spacial score (nSPS) is 15.1. The van der Waals surface area contributed by atoms with Crippen molar-refractivity contribution in [2.45, 2.75) is 31.8 Å². The van der Waals surface area contributed by atoms with E-state index in [1.807, 2.05) is 18.2 Å². The highest BCUT2D eigenvalue weighted by Gasteiger charge is 2.25. The molecule has 174 valence electrons. The number of nitrogen functional groups attached to an aromatic ring is 1. The van der Waals surface area contributed by atoms with Crippen molar-refractivity contribution >= 4 is 29.0 Å². The number of methoxy groups -OCH3 is 1. The van der Waals surface area contributed by atoms with Gasteiger partial charge in [0.05, 0.1) is 23.9 Å². The number of nitrogens with one attached hydrogen (secondary N) is 3. The first kappa shape index (κ1) is 22.9. The minimum Gasteiger partial charge on any atom is -0.496 e. The number of aromatic nitrogens is 2. The van der Waals surface area contributed by atoms with Crippen LogP contribution in [0.25, 0.3) is 0 Å². The molecule has 9 heteroatoms. The third-order valence-corrected chi connectivity index (χ3v) is 5.76. The molecule has 2 aromatic carbocycles. The number of hydrogen-bond donors (Lipinski definition) is 4. The van der Waals surface area contributed by atoms with Crippen LogP contribution >= 0.6 is 0 Å². The van der Waals surface area contributed by atoms with Crippen molar-refractivity contribution in [3.63, 3.8) is 0 Å². The molecule has 3 aromatic rings. The monoisotopic (exact) mass is 458 g/mol. The molecule has 9 nitrogen and oxygen atoms in total. The molecule has 4 rings (SSSR count). The van der Waals surface area contributed by atoms with Gasteiger partial charge in [-0.05, 0) is 24.1 Å². The number of nitrogens with zero attached hydrogens (tertiary/aromatic N) is 2. The molecule has 1 saturated carbocycles. The molecule has 0 saturated heterocycles. The summed E-state index contributed by atoms with van der Waals surface area (Å²) in [4.78, 5) is 32.5. The van der Waals surface area contributed by atoms with E-state index in [4.69, 9.17) is 15.9 Å². The van der Waals surface area contributed by atoms with Crippen molar-refractivity contribution in [1.82, 2.24) is 15.3 Å². The van der Waals surface area contributed by atoms with E-state index in [1.165, 1.54) is 13.4 Å². The van der Waals surface area contributed by atoms with Crippen LogP contribution in [0.15, 0.2) is 54.9 Å². The fourth-order valence-corrected chi connectivity index (χ4v) is 3.93. The van der Waals surface area contributed by atoms with Crippen LogP contribution in [0.4, 0.5) is 11.6 Å². The van der Waals surface area contributed by atoms with Gasteiger partial charge in [-0.15, -0.1) is 0 Å². The Bertz CT molecular complexity index is 1230. The van der Waals surface area contributed by atoms with Crippen LogP contribution in [-0.4, -0.2) is 40.5 Å². The Morgan fingerprint density at radius 2 is 1.94 bits per heavy atom. The van der Waals surface area contributed by atoms with E-state index in [-0.39, 0.29) is 29.3 Å². The lowest BCUT2D eigenvalue weighted by Crippen LogP contribution is -2.23. The van der Waals surface area contributed by atoms with Gasteiger partial charge in [-0.3, -0.25) is 15.0 Å². The largest absolute Gasteiger partial charge is 0.496 e. The quantitative estimate of drug-likeness (QED) is 0.380. The number of hydrogen-bond acceptors (Lipinski definition) is 8. The lowest BCUT2D eigenvalue weighted by atomic mass is 10.0. The van der Waals surface area contributed by atoms with E-state index in [9.17, 15) is 9.59 Å². The minimum atomic E-state index is -0.232. The zero-order valence-corrected chi connectivity index (χ0v) is 18.8. The Morgan fingerprint density at radius 1 is 1.18 bits per heavy atom. The molecule has 1 aromatic heterocycles. The van der Waals surface area contributed by atoms with Crippen LogP contribution in [0.2, 0.25) is 0 Å². The average Bonchev–Trinajstić information content (AvgIpc) is 3.27. The molecule has 1 amide bonds. The summed E-state index contributed by atoms with van der Waals surface area (Å²) >= 11 is 0. The summed E-state index contributed by atoms with van der Waals surface area (Å²) in [6, 6.07) is 14.3. The molecule has 34 heavy (non-hydrogen) atoms. The van der Waals surface area contributed by atoms with Gasteiger partial charge in [0.2, 0.25) is 0 Å². The molecular weight excluding hydrogens is 432 g/mol. The maximum atomic E-state index is 12.5. The Labute approximate surface area is 197 Å². The first-order valence-corrected chi connectivity index (χ1v) is 10.9. The standard InChI is InChI=1S/C25H26N6O3/c1-34-20-5-3-2-4-19(20)25(33)28-13-15-6-8-16(9-7-15)22(26)21-23(27)29-14-30-24(21)31-17-10-11-18(32)12-17/h2-9,14,17,26H,10-13H2,1H3,(H,28,33)(H3,27,29,30,31). The van der Waals surface area contributed by atoms with Gasteiger partial charge in [0, 0.05) is 31.0 Å². The van der Waals surface area contributed by atoms with Crippen LogP contribution in [0.5, 0.6) is 5.75 Å². The van der Waals surface area contributed by atoms with Crippen molar-refractivity contribution in [2.75, 3.05) is 18.2 Å². The van der Waals surface area contributed by atoms with Crippen molar-refractivity contribution in [2.24, 2.45) is 0 Å². The van der Waals surface area contributed by atoms with Crippen LogP contribution in [0.3, 0.4) is 0 Å². The van der Waals surface area contributed by atoms with E-state index in [0.717, 1.165) is 12.0 Å². The lowest BCUT2D eigenvalue weighted by molar-refractivity contribution is -0.117. The first-order chi connectivity index (χ1) is 16.5. The maximum Gasteiger partial charge on any atom is 0.255 e. The Balaban J connectivity index is 1.45. The number of rotatable bonds is 8. The van der Waals surface area contributed by atoms with Gasteiger partial charge in [-0.2, -0.15) is 0 Å². The van der Waals surface area contributed by atoms with Gasteiger partial charge >= 0.3 is 0 Å². The fraction of sp³-hybridized carbons (Fsp3) is 0.240. The Kier molecular flexibility index (Phi) is 6.82. The van der Waals surface area contributed by atoms with Gasteiger partial charge in [0.15, 0.2) is 0 Å². The summed E-state index contributed by atoms with van der Waals surface area (Å²) in [5, 5.41) is 14.8. The molecule has 0 radical (unpaired) electrons. The second-order valence-corrected chi connectivity index (χ2v) is 8.06. The summed E-state index contributed by atoms with van der Waals surface area (Å²) in [6.07, 6.45) is 3.05. The topological polar surface area (TPSA) is 143 Å². The first-order valence-electron chi connectivity index (χ1n) is 10.9. The molecule has 1 heterocycles. The number of carbonyl (C=O) groups is 2. The molecule has 1 atom stereocenters. The number of nitrogens with two attached hydrogens (primary N) is 1. The van der Waals surface area contributed by atoms with Crippen molar-refractivity contribution in [1.29, 1.82) is 5.41 Å². The molecule has 1 aliphatic carbocycles. The van der Waals surface area contributed by atoms with E-state index in [2.05, 4.69) is 20.6 Å². The average molecular weight is 459 g/mol. The zero-order valence-electron chi connectivity index (χ0n) is 18.8. The number of amides is 1. The molecule has 1 unspecified atom stereocenters. The van der Waals surface area contributed by atoms with E-state index in [0.29, 0.717) is 47.6 Å². The molecule has 0 bridgehead atoms. The molecule has 0 spiro atoms. The highest BCUT2D eigenvalue weighted by atomic mass is 16.5. The molecule has 1 fully saturated rings. The zero-order chi connectivity index (χ0) is 24.1. The second kappa shape index (κ2) is 10.1. The van der Waals surface area contributed by atoms with E-state index < -0.39 is 0 Å². The highest BCUT2D eigenvalue weighted by Crippen LogP contribution is 2.26. The predicted octanol–water partition coefficient (Wildman–Crippen LogP) is 2.95. The predicted molar refractivity (Wildman–Crippen MR) is 129 cm³/mol. The number of benzene rings is 2. The van der Waals surface area contributed by atoms with Gasteiger partial charge in [-0.1, -0.05) is 36.4 Å². The number of ketones is 1. The highest BCUT2D eigenvalue weighted by molar-refractivity contribution is 6.16. The summed E-state index contributed by atoms with van der Waals surface area (Å²) in [7, 11) is 1.53. The third-order valence-electron chi connectivity index (χ3n) is 5.76. The Hall–Kier alpha value is -4.27. The summed E-state index contributed by atoms with van der Waals surface area (Å²) in [5.41, 5.74) is 8.64. The molecule has 1 aliphatic rings. The smallest absolute Gasteiger partial charge is 0.255 e. The summed E-state index contributed by atoms with van der Waals surface area (Å²) < 4.78 is 5.24. The molecule has 0 aliphatic heterocycles. The minimum absolute atomic E-state index is 0.0254. The fourth-order valence-electron chi connectivity index (χ4n) is 3.93. The SMILES string of the molecule is COc1ccccc1C(=O)NCc1ccc(C(=N)c2c(N)ncnc2NC2CCC(=O)C2)cc1. The molecular formula is C25H26N6O3. The third kappa shape index (κ3) is 5.03. The number of anilines is 2. The number of ether oxygens (including phenoxy) is 1. The summed E-state index contributed by atoms with van der Waals surface area (Å²) in [5.74, 6) is 1.14. The van der Waals surface area contributed by atoms with E-state index in [1.54, 1.807) is 30.3 Å². The van der Waals surface area contributed by atoms with Crippen molar-refractivity contribution < 1.29 is 14.3 Å². The number of para-hydroxylation sites is 1. The summed E-state index contributed by atoms with van der Waals surface area (Å²) in [6.45, 7) is 0.323. The van der Waals surface area contributed by atoms with E-state index >= 15 is 0 Å². The molecule has 5 N–H and O–H groups in total. The van der Waals surface area contributed by atoms with Crippen LogP contribution < -0.4 is 21.1 Å². The van der Waals surface area contributed by atoms with Gasteiger partial charge in [0.25, 0.3) is 5.91 Å². The van der Waals surface area contributed by atoms with Gasteiger partial charge < -0.3 is 21.1 Å². The van der Waals surface area contributed by atoms with Crippen molar-refractivity contribution in [3.8, 4) is 5.75 Å². The number of carbonyl (C=O) groups excluding carboxylic acids is 2. The maximum absolute atomic E-state index is 12.5. The number of Topliss-reactive ketones (excluding diaryl/α,β-unsaturated/α-hetero) is 1. The lowest BCUT2D eigenvalue weighted by Gasteiger charge is -2.17. The van der Waals surface area contributed by atoms with Crippen LogP contribution in [0, 0.1) is 5.41 Å². The second-order valence-electron chi connectivity index (χ2n) is 8.06. The Morgan fingerprint density at radius 3 is 2.65 bits per heavy atom. The van der Waals surface area contributed by atoms with Crippen molar-refractivity contribution in [3.05, 3.63) is 77.1 Å². The van der Waals surface area contributed by atoms with Crippen LogP contribution in [0.1, 0.15) is 46.3 Å². The van der Waals surface area contributed by atoms with Gasteiger partial charge in [0.1, 0.15) is 29.5 Å².